The SMILES string of the molecule is CCCCC(CC)COC(=O)C(=O)c1ccc(Sc2ccc(C(=O)c3cc4ccccc4oc3=O)cc2)cc1. The van der Waals surface area contributed by atoms with E-state index in [-0.39, 0.29) is 23.7 Å². The maximum absolute atomic E-state index is 12.9. The highest BCUT2D eigenvalue weighted by Crippen LogP contribution is 2.28. The average Bonchev–Trinajstić information content (AvgIpc) is 2.97. The first kappa shape index (κ1) is 28.0. The number of carbonyl (C=O) groups is 3. The van der Waals surface area contributed by atoms with E-state index in [0.29, 0.717) is 16.5 Å². The predicted molar refractivity (Wildman–Crippen MR) is 152 cm³/mol. The number of carbonyl (C=O) groups excluding carboxylic acids is 3. The molecule has 4 aromatic rings. The fraction of sp³-hybridized carbons (Fsp3) is 0.250. The van der Waals surface area contributed by atoms with E-state index in [1.165, 1.54) is 11.8 Å². The average molecular weight is 543 g/mol. The van der Waals surface area contributed by atoms with Gasteiger partial charge in [0.25, 0.3) is 5.78 Å². The molecule has 1 atom stereocenters. The van der Waals surface area contributed by atoms with Crippen LogP contribution in [0.5, 0.6) is 0 Å². The lowest BCUT2D eigenvalue weighted by molar-refractivity contribution is -0.139. The normalized spacial score (nSPS) is 11.7. The largest absolute Gasteiger partial charge is 0.459 e. The Kier molecular flexibility index (Phi) is 9.49. The summed E-state index contributed by atoms with van der Waals surface area (Å²) in [7, 11) is 0. The minimum Gasteiger partial charge on any atom is -0.459 e. The minimum atomic E-state index is -0.828. The van der Waals surface area contributed by atoms with Crippen molar-refractivity contribution < 1.29 is 23.5 Å². The number of fused-ring (bicyclic) bond motifs is 1. The Morgan fingerprint density at radius 3 is 2.15 bits per heavy atom. The van der Waals surface area contributed by atoms with E-state index in [2.05, 4.69) is 13.8 Å². The van der Waals surface area contributed by atoms with E-state index in [9.17, 15) is 19.2 Å². The molecule has 0 N–H and O–H groups in total. The van der Waals surface area contributed by atoms with Gasteiger partial charge in [-0.05, 0) is 73.0 Å². The van der Waals surface area contributed by atoms with Crippen LogP contribution in [0.3, 0.4) is 0 Å². The third kappa shape index (κ3) is 7.12. The molecule has 1 aromatic heterocycles. The van der Waals surface area contributed by atoms with Crippen LogP contribution in [-0.4, -0.2) is 24.1 Å². The highest BCUT2D eigenvalue weighted by atomic mass is 32.2. The molecule has 0 saturated carbocycles. The van der Waals surface area contributed by atoms with Crippen LogP contribution in [0.1, 0.15) is 65.8 Å². The smallest absolute Gasteiger partial charge is 0.379 e. The van der Waals surface area contributed by atoms with Gasteiger partial charge in [0, 0.05) is 26.3 Å². The first-order chi connectivity index (χ1) is 18.9. The van der Waals surface area contributed by atoms with Gasteiger partial charge in [0.05, 0.1) is 6.61 Å². The first-order valence-corrected chi connectivity index (χ1v) is 13.9. The number of hydrogen-bond acceptors (Lipinski definition) is 7. The second-order valence-corrected chi connectivity index (χ2v) is 10.5. The number of rotatable bonds is 12. The lowest BCUT2D eigenvalue weighted by Crippen LogP contribution is -2.21. The van der Waals surface area contributed by atoms with Crippen molar-refractivity contribution in [2.45, 2.75) is 49.3 Å². The fourth-order valence-corrected chi connectivity index (χ4v) is 4.95. The monoisotopic (exact) mass is 542 g/mol. The van der Waals surface area contributed by atoms with Gasteiger partial charge in [-0.25, -0.2) is 9.59 Å². The molecule has 0 aliphatic rings. The van der Waals surface area contributed by atoms with Crippen LogP contribution < -0.4 is 5.63 Å². The fourth-order valence-electron chi connectivity index (χ4n) is 4.14. The summed E-state index contributed by atoms with van der Waals surface area (Å²) in [5, 5.41) is 0.681. The summed E-state index contributed by atoms with van der Waals surface area (Å²) in [5.74, 6) is -1.62. The van der Waals surface area contributed by atoms with Crippen LogP contribution in [-0.2, 0) is 9.53 Å². The molecule has 0 radical (unpaired) electrons. The molecule has 7 heteroatoms. The highest BCUT2D eigenvalue weighted by Gasteiger charge is 2.20. The van der Waals surface area contributed by atoms with Crippen LogP contribution in [0.4, 0.5) is 0 Å². The molecule has 1 heterocycles. The summed E-state index contributed by atoms with van der Waals surface area (Å²) < 4.78 is 10.6. The van der Waals surface area contributed by atoms with E-state index >= 15 is 0 Å². The Labute approximate surface area is 231 Å². The molecule has 1 unspecified atom stereocenters. The second-order valence-electron chi connectivity index (χ2n) is 9.31. The molecular formula is C32H30O6S. The standard InChI is InChI=1S/C32H30O6S/c1-3-5-8-21(4-2)20-37-32(36)30(34)23-13-17-26(18-14-23)39-25-15-11-22(12-16-25)29(33)27-19-24-9-6-7-10-28(24)38-31(27)35/h6-7,9-19,21H,3-5,8,20H2,1-2H3. The summed E-state index contributed by atoms with van der Waals surface area (Å²) in [5.41, 5.74) is 0.405. The summed E-state index contributed by atoms with van der Waals surface area (Å²) >= 11 is 1.44. The Morgan fingerprint density at radius 1 is 0.872 bits per heavy atom. The third-order valence-electron chi connectivity index (χ3n) is 6.53. The molecule has 6 nitrogen and oxygen atoms in total. The van der Waals surface area contributed by atoms with Crippen LogP contribution in [0.15, 0.2) is 97.9 Å². The Morgan fingerprint density at radius 2 is 1.51 bits per heavy atom. The van der Waals surface area contributed by atoms with Crippen LogP contribution in [0, 0.1) is 5.92 Å². The van der Waals surface area contributed by atoms with Crippen molar-refractivity contribution >= 4 is 40.3 Å². The molecule has 0 saturated heterocycles. The highest BCUT2D eigenvalue weighted by molar-refractivity contribution is 7.99. The van der Waals surface area contributed by atoms with Gasteiger partial charge in [0.1, 0.15) is 11.1 Å². The number of ether oxygens (including phenoxy) is 1. The molecule has 0 aliphatic carbocycles. The van der Waals surface area contributed by atoms with Gasteiger partial charge in [-0.15, -0.1) is 0 Å². The van der Waals surface area contributed by atoms with E-state index in [0.717, 1.165) is 35.5 Å². The van der Waals surface area contributed by atoms with E-state index in [1.54, 1.807) is 72.8 Å². The number of Topliss-reactive ketones (excluding diaryl/α,β-unsaturated/α-hetero) is 1. The maximum Gasteiger partial charge on any atom is 0.379 e. The van der Waals surface area contributed by atoms with Crippen molar-refractivity contribution in [3.63, 3.8) is 0 Å². The summed E-state index contributed by atoms with van der Waals surface area (Å²) in [6.45, 7) is 4.44. The Balaban J connectivity index is 1.36. The topological polar surface area (TPSA) is 90.7 Å². The number of hydrogen-bond donors (Lipinski definition) is 0. The number of benzene rings is 3. The number of unbranched alkanes of at least 4 members (excludes halogenated alkanes) is 1. The molecule has 0 amide bonds. The van der Waals surface area contributed by atoms with Crippen molar-refractivity contribution in [1.29, 1.82) is 0 Å². The number of para-hydroxylation sites is 1. The van der Waals surface area contributed by atoms with Crippen molar-refractivity contribution in [2.75, 3.05) is 6.61 Å². The third-order valence-corrected chi connectivity index (χ3v) is 7.55. The summed E-state index contributed by atoms with van der Waals surface area (Å²) in [6.07, 6.45) is 4.04. The van der Waals surface area contributed by atoms with E-state index in [4.69, 9.17) is 9.15 Å². The van der Waals surface area contributed by atoms with Crippen LogP contribution in [0.25, 0.3) is 11.0 Å². The summed E-state index contributed by atoms with van der Waals surface area (Å²) in [6, 6.07) is 22.3. The lowest BCUT2D eigenvalue weighted by atomic mass is 10.0. The molecule has 4 rings (SSSR count). The van der Waals surface area contributed by atoms with Crippen LogP contribution in [0.2, 0.25) is 0 Å². The molecular weight excluding hydrogens is 512 g/mol. The zero-order valence-electron chi connectivity index (χ0n) is 22.0. The maximum atomic E-state index is 12.9. The molecule has 3 aromatic carbocycles. The van der Waals surface area contributed by atoms with Crippen LogP contribution >= 0.6 is 11.8 Å². The van der Waals surface area contributed by atoms with E-state index in [1.807, 2.05) is 6.07 Å². The van der Waals surface area contributed by atoms with Crippen molar-refractivity contribution in [1.82, 2.24) is 0 Å². The van der Waals surface area contributed by atoms with Gasteiger partial charge in [0.2, 0.25) is 0 Å². The van der Waals surface area contributed by atoms with E-state index < -0.39 is 23.2 Å². The minimum absolute atomic E-state index is 0.0148. The molecule has 0 spiro atoms. The Bertz CT molecular complexity index is 1520. The van der Waals surface area contributed by atoms with Gasteiger partial charge < -0.3 is 9.15 Å². The van der Waals surface area contributed by atoms with Gasteiger partial charge in [-0.3, -0.25) is 9.59 Å². The number of esters is 1. The predicted octanol–water partition coefficient (Wildman–Crippen LogP) is 7.12. The zero-order chi connectivity index (χ0) is 27.8. The lowest BCUT2D eigenvalue weighted by Gasteiger charge is -2.14. The first-order valence-electron chi connectivity index (χ1n) is 13.1. The van der Waals surface area contributed by atoms with Gasteiger partial charge in [0.15, 0.2) is 5.78 Å². The van der Waals surface area contributed by atoms with Crippen molar-refractivity contribution in [2.24, 2.45) is 5.92 Å². The van der Waals surface area contributed by atoms with Crippen molar-refractivity contribution in [3.8, 4) is 0 Å². The molecule has 0 fully saturated rings. The summed E-state index contributed by atoms with van der Waals surface area (Å²) in [4.78, 5) is 51.8. The molecule has 0 bridgehead atoms. The number of ketones is 2. The van der Waals surface area contributed by atoms with Gasteiger partial charge >= 0.3 is 11.6 Å². The molecule has 200 valence electrons. The van der Waals surface area contributed by atoms with Gasteiger partial charge in [-0.2, -0.15) is 0 Å². The quantitative estimate of drug-likeness (QED) is 0.0815. The van der Waals surface area contributed by atoms with Crippen molar-refractivity contribution in [3.05, 3.63) is 106 Å². The molecule has 39 heavy (non-hydrogen) atoms. The van der Waals surface area contributed by atoms with Gasteiger partial charge in [-0.1, -0.05) is 63.1 Å². The Hall–Kier alpha value is -3.97. The molecule has 0 aliphatic heterocycles. The zero-order valence-corrected chi connectivity index (χ0v) is 22.8. The second kappa shape index (κ2) is 13.2.